The van der Waals surface area contributed by atoms with Crippen molar-refractivity contribution in [3.05, 3.63) is 57.0 Å². The van der Waals surface area contributed by atoms with Gasteiger partial charge in [0.2, 0.25) is 0 Å². The number of carboxylic acids is 1. The van der Waals surface area contributed by atoms with Gasteiger partial charge in [-0.1, -0.05) is 11.6 Å². The van der Waals surface area contributed by atoms with Crippen LogP contribution in [0.3, 0.4) is 0 Å². The molecular formula is C12H8ClNO6. The molecule has 1 N–H and O–H groups in total. The van der Waals surface area contributed by atoms with Crippen molar-refractivity contribution in [2.45, 2.75) is 6.61 Å². The first kappa shape index (κ1) is 13.9. The summed E-state index contributed by atoms with van der Waals surface area (Å²) >= 11 is 5.85. The Morgan fingerprint density at radius 1 is 1.45 bits per heavy atom. The zero-order valence-electron chi connectivity index (χ0n) is 9.91. The molecule has 1 aromatic carbocycles. The maximum atomic E-state index is 10.9. The van der Waals surface area contributed by atoms with E-state index < -0.39 is 10.9 Å². The number of aromatic carboxylic acids is 1. The molecule has 0 amide bonds. The third-order valence-corrected chi connectivity index (χ3v) is 2.77. The number of nitrogens with zero attached hydrogens (tertiary/aromatic N) is 1. The predicted molar refractivity (Wildman–Crippen MR) is 68.1 cm³/mol. The highest BCUT2D eigenvalue weighted by atomic mass is 35.5. The molecule has 0 atom stereocenters. The number of ether oxygens (including phenoxy) is 1. The second kappa shape index (κ2) is 5.62. The number of carbonyl (C=O) groups is 1. The summed E-state index contributed by atoms with van der Waals surface area (Å²) in [5.74, 6) is -0.976. The van der Waals surface area contributed by atoms with Gasteiger partial charge in [0, 0.05) is 6.07 Å². The van der Waals surface area contributed by atoms with E-state index in [0.29, 0.717) is 0 Å². The number of carboxylic acid groups (broad SMARTS) is 1. The van der Waals surface area contributed by atoms with Crippen molar-refractivity contribution < 1.29 is 24.0 Å². The molecular weight excluding hydrogens is 290 g/mol. The van der Waals surface area contributed by atoms with Gasteiger partial charge in [0.15, 0.2) is 5.76 Å². The molecule has 0 unspecified atom stereocenters. The summed E-state index contributed by atoms with van der Waals surface area (Å²) in [7, 11) is 0. The number of hydrogen-bond acceptors (Lipinski definition) is 5. The van der Waals surface area contributed by atoms with E-state index in [1.54, 1.807) is 0 Å². The average molecular weight is 298 g/mol. The predicted octanol–water partition coefficient (Wildman–Crippen LogP) is 3.12. The number of nitro groups is 1. The first-order chi connectivity index (χ1) is 9.49. The molecule has 1 aromatic heterocycles. The van der Waals surface area contributed by atoms with E-state index in [2.05, 4.69) is 0 Å². The highest BCUT2D eigenvalue weighted by Crippen LogP contribution is 2.29. The molecule has 104 valence electrons. The van der Waals surface area contributed by atoms with Crippen LogP contribution < -0.4 is 4.74 Å². The van der Waals surface area contributed by atoms with Gasteiger partial charge >= 0.3 is 5.97 Å². The smallest absolute Gasteiger partial charge is 0.339 e. The van der Waals surface area contributed by atoms with Crippen LogP contribution in [0.25, 0.3) is 0 Å². The molecule has 1 heterocycles. The number of hydrogen-bond donors (Lipinski definition) is 1. The summed E-state index contributed by atoms with van der Waals surface area (Å²) in [4.78, 5) is 20.9. The molecule has 20 heavy (non-hydrogen) atoms. The van der Waals surface area contributed by atoms with Gasteiger partial charge in [0.25, 0.3) is 5.69 Å². The van der Waals surface area contributed by atoms with Crippen LogP contribution in [0.4, 0.5) is 5.69 Å². The Kier molecular flexibility index (Phi) is 3.90. The van der Waals surface area contributed by atoms with E-state index in [9.17, 15) is 14.9 Å². The molecule has 8 heteroatoms. The molecule has 0 spiro atoms. The number of nitro benzene ring substituents is 1. The van der Waals surface area contributed by atoms with Crippen LogP contribution in [0.2, 0.25) is 5.02 Å². The zero-order chi connectivity index (χ0) is 14.7. The highest BCUT2D eigenvalue weighted by Gasteiger charge is 2.16. The fourth-order valence-corrected chi connectivity index (χ4v) is 1.67. The van der Waals surface area contributed by atoms with Crippen LogP contribution in [-0.2, 0) is 6.61 Å². The molecule has 0 radical (unpaired) electrons. The standard InChI is InChI=1S/C12H8ClNO6/c13-9-2-1-7(14(17)18)5-10(9)20-6-11-8(12(15)16)3-4-19-11/h1-5H,6H2,(H,15,16). The van der Waals surface area contributed by atoms with Gasteiger partial charge in [-0.15, -0.1) is 0 Å². The highest BCUT2D eigenvalue weighted by molar-refractivity contribution is 6.32. The van der Waals surface area contributed by atoms with Crippen molar-refractivity contribution in [3.63, 3.8) is 0 Å². The van der Waals surface area contributed by atoms with Crippen molar-refractivity contribution in [1.29, 1.82) is 0 Å². The summed E-state index contributed by atoms with van der Waals surface area (Å²) in [6, 6.07) is 5.02. The Morgan fingerprint density at radius 2 is 2.20 bits per heavy atom. The Labute approximate surface area is 117 Å². The summed E-state index contributed by atoms with van der Waals surface area (Å²) in [6.07, 6.45) is 1.22. The molecule has 0 saturated carbocycles. The van der Waals surface area contributed by atoms with E-state index in [-0.39, 0.29) is 34.4 Å². The van der Waals surface area contributed by atoms with Crippen LogP contribution in [0.5, 0.6) is 5.75 Å². The van der Waals surface area contributed by atoms with Crippen LogP contribution in [0.1, 0.15) is 16.1 Å². The Balaban J connectivity index is 2.18. The van der Waals surface area contributed by atoms with Gasteiger partial charge in [0.05, 0.1) is 22.3 Å². The molecule has 2 rings (SSSR count). The van der Waals surface area contributed by atoms with Crippen LogP contribution in [0.15, 0.2) is 34.9 Å². The average Bonchev–Trinajstić information content (AvgIpc) is 2.86. The molecule has 0 fully saturated rings. The van der Waals surface area contributed by atoms with Crippen LogP contribution in [-0.4, -0.2) is 16.0 Å². The monoisotopic (exact) mass is 297 g/mol. The second-order valence-electron chi connectivity index (χ2n) is 3.72. The van der Waals surface area contributed by atoms with Gasteiger partial charge in [-0.2, -0.15) is 0 Å². The van der Waals surface area contributed by atoms with Crippen LogP contribution in [0, 0.1) is 10.1 Å². The Bertz CT molecular complexity index is 666. The number of benzene rings is 1. The quantitative estimate of drug-likeness (QED) is 0.672. The fourth-order valence-electron chi connectivity index (χ4n) is 1.50. The van der Waals surface area contributed by atoms with E-state index in [1.807, 2.05) is 0 Å². The van der Waals surface area contributed by atoms with Crippen molar-refractivity contribution in [2.75, 3.05) is 0 Å². The van der Waals surface area contributed by atoms with Crippen molar-refractivity contribution in [2.24, 2.45) is 0 Å². The normalized spacial score (nSPS) is 10.2. The summed E-state index contributed by atoms with van der Waals surface area (Å²) < 4.78 is 10.3. The third-order valence-electron chi connectivity index (χ3n) is 2.46. The number of rotatable bonds is 5. The van der Waals surface area contributed by atoms with Gasteiger partial charge in [-0.3, -0.25) is 10.1 Å². The van der Waals surface area contributed by atoms with Gasteiger partial charge < -0.3 is 14.3 Å². The van der Waals surface area contributed by atoms with Gasteiger partial charge in [-0.25, -0.2) is 4.79 Å². The first-order valence-electron chi connectivity index (χ1n) is 5.35. The topological polar surface area (TPSA) is 103 Å². The third kappa shape index (κ3) is 2.89. The zero-order valence-corrected chi connectivity index (χ0v) is 10.7. The van der Waals surface area contributed by atoms with E-state index in [1.165, 1.54) is 24.5 Å². The lowest BCUT2D eigenvalue weighted by molar-refractivity contribution is -0.384. The van der Waals surface area contributed by atoms with Gasteiger partial charge in [-0.05, 0) is 12.1 Å². The summed E-state index contributed by atoms with van der Waals surface area (Å²) in [5, 5.41) is 19.7. The molecule has 0 aliphatic carbocycles. The Hall–Kier alpha value is -2.54. The lowest BCUT2D eigenvalue weighted by atomic mass is 10.2. The SMILES string of the molecule is O=C(O)c1ccoc1COc1cc([N+](=O)[O-])ccc1Cl. The maximum absolute atomic E-state index is 10.9. The minimum atomic E-state index is -1.15. The molecule has 2 aromatic rings. The lowest BCUT2D eigenvalue weighted by Gasteiger charge is -2.06. The van der Waals surface area contributed by atoms with Crippen LogP contribution >= 0.6 is 11.6 Å². The largest absolute Gasteiger partial charge is 0.484 e. The van der Waals surface area contributed by atoms with Crippen molar-refractivity contribution in [1.82, 2.24) is 0 Å². The fraction of sp³-hybridized carbons (Fsp3) is 0.0833. The van der Waals surface area contributed by atoms with Gasteiger partial charge in [0.1, 0.15) is 17.9 Å². The molecule has 0 saturated heterocycles. The molecule has 7 nitrogen and oxygen atoms in total. The lowest BCUT2D eigenvalue weighted by Crippen LogP contribution is -2.03. The number of halogens is 1. The van der Waals surface area contributed by atoms with E-state index >= 15 is 0 Å². The van der Waals surface area contributed by atoms with Crippen molar-refractivity contribution >= 4 is 23.3 Å². The van der Waals surface area contributed by atoms with Crippen molar-refractivity contribution in [3.8, 4) is 5.75 Å². The summed E-state index contributed by atoms with van der Waals surface area (Å²) in [6.45, 7) is -0.199. The second-order valence-corrected chi connectivity index (χ2v) is 4.13. The molecule has 0 aliphatic rings. The Morgan fingerprint density at radius 3 is 2.85 bits per heavy atom. The maximum Gasteiger partial charge on any atom is 0.339 e. The molecule has 0 aliphatic heterocycles. The number of furan rings is 1. The van der Waals surface area contributed by atoms with E-state index in [4.69, 9.17) is 25.9 Å². The minimum Gasteiger partial charge on any atom is -0.484 e. The summed E-state index contributed by atoms with van der Waals surface area (Å²) in [5.41, 5.74) is -0.214. The number of non-ortho nitro benzene ring substituents is 1. The molecule has 0 bridgehead atoms. The van der Waals surface area contributed by atoms with E-state index in [0.717, 1.165) is 6.07 Å². The minimum absolute atomic E-state index is 0.0356. The first-order valence-corrected chi connectivity index (χ1v) is 5.73.